The molecular weight excluding hydrogens is 247 g/mol. The SMILES string of the molecule is C=C(C)[C@H]1CC[C@](C)(Cl)[C@@H]2COC(=O)[C@]12Cl. The van der Waals surface area contributed by atoms with Crippen molar-refractivity contribution in [1.29, 1.82) is 0 Å². The highest BCUT2D eigenvalue weighted by molar-refractivity contribution is 6.36. The molecule has 0 unspecified atom stereocenters. The van der Waals surface area contributed by atoms with Gasteiger partial charge in [-0.05, 0) is 26.7 Å². The smallest absolute Gasteiger partial charge is 0.328 e. The first-order valence-corrected chi connectivity index (χ1v) is 6.26. The van der Waals surface area contributed by atoms with Gasteiger partial charge in [0.05, 0.1) is 11.5 Å². The molecule has 1 aliphatic heterocycles. The molecule has 1 aliphatic carbocycles. The van der Waals surface area contributed by atoms with Crippen molar-refractivity contribution in [2.75, 3.05) is 6.61 Å². The number of rotatable bonds is 1. The first kappa shape index (κ1) is 12.3. The molecule has 16 heavy (non-hydrogen) atoms. The number of hydrogen-bond donors (Lipinski definition) is 0. The summed E-state index contributed by atoms with van der Waals surface area (Å²) in [6.45, 7) is 8.11. The molecule has 2 aliphatic rings. The molecular formula is C12H16Cl2O2. The van der Waals surface area contributed by atoms with Gasteiger partial charge in [-0.25, -0.2) is 0 Å². The Kier molecular flexibility index (Phi) is 2.79. The Hall–Kier alpha value is -0.210. The number of hydrogen-bond acceptors (Lipinski definition) is 2. The highest BCUT2D eigenvalue weighted by Gasteiger charge is 2.64. The van der Waals surface area contributed by atoms with Crippen LogP contribution in [0.3, 0.4) is 0 Å². The summed E-state index contributed by atoms with van der Waals surface area (Å²) in [7, 11) is 0. The summed E-state index contributed by atoms with van der Waals surface area (Å²) in [6, 6.07) is 0. The van der Waals surface area contributed by atoms with Gasteiger partial charge in [0.1, 0.15) is 0 Å². The second-order valence-electron chi connectivity index (χ2n) is 5.13. The van der Waals surface area contributed by atoms with E-state index in [0.717, 1.165) is 18.4 Å². The summed E-state index contributed by atoms with van der Waals surface area (Å²) < 4.78 is 5.12. The van der Waals surface area contributed by atoms with Crippen molar-refractivity contribution in [3.05, 3.63) is 12.2 Å². The number of carbonyl (C=O) groups is 1. The molecule has 2 fully saturated rings. The van der Waals surface area contributed by atoms with E-state index in [1.165, 1.54) is 0 Å². The molecule has 4 atom stereocenters. The summed E-state index contributed by atoms with van der Waals surface area (Å²) in [5.41, 5.74) is 0.936. The average molecular weight is 263 g/mol. The van der Waals surface area contributed by atoms with Crippen LogP contribution in [0.4, 0.5) is 0 Å². The molecule has 0 aromatic heterocycles. The van der Waals surface area contributed by atoms with Crippen LogP contribution in [0, 0.1) is 11.8 Å². The van der Waals surface area contributed by atoms with Crippen LogP contribution in [0.25, 0.3) is 0 Å². The predicted molar refractivity (Wildman–Crippen MR) is 64.8 cm³/mol. The molecule has 0 radical (unpaired) electrons. The minimum absolute atomic E-state index is 0.0269. The van der Waals surface area contributed by atoms with Gasteiger partial charge in [0.2, 0.25) is 0 Å². The van der Waals surface area contributed by atoms with E-state index in [1.54, 1.807) is 0 Å². The van der Waals surface area contributed by atoms with Crippen molar-refractivity contribution >= 4 is 29.2 Å². The van der Waals surface area contributed by atoms with E-state index in [-0.39, 0.29) is 17.8 Å². The van der Waals surface area contributed by atoms with E-state index in [2.05, 4.69) is 6.58 Å². The van der Waals surface area contributed by atoms with Crippen LogP contribution in [0.5, 0.6) is 0 Å². The van der Waals surface area contributed by atoms with Crippen molar-refractivity contribution in [3.8, 4) is 0 Å². The van der Waals surface area contributed by atoms with Crippen molar-refractivity contribution in [3.63, 3.8) is 0 Å². The predicted octanol–water partition coefficient (Wildman–Crippen LogP) is 3.12. The van der Waals surface area contributed by atoms with Crippen molar-refractivity contribution in [2.24, 2.45) is 11.8 Å². The lowest BCUT2D eigenvalue weighted by Gasteiger charge is -2.45. The average Bonchev–Trinajstić information content (AvgIpc) is 2.44. The van der Waals surface area contributed by atoms with Crippen molar-refractivity contribution < 1.29 is 9.53 Å². The van der Waals surface area contributed by atoms with Crippen LogP contribution < -0.4 is 0 Å². The number of halogens is 2. The number of cyclic esters (lactones) is 1. The normalized spacial score (nSPS) is 47.4. The first-order chi connectivity index (χ1) is 7.30. The highest BCUT2D eigenvalue weighted by atomic mass is 35.5. The molecule has 90 valence electrons. The fourth-order valence-corrected chi connectivity index (χ4v) is 4.00. The largest absolute Gasteiger partial charge is 0.464 e. The third-order valence-electron chi connectivity index (χ3n) is 3.95. The molecule has 0 N–H and O–H groups in total. The Balaban J connectivity index is 2.44. The molecule has 0 amide bonds. The van der Waals surface area contributed by atoms with Crippen molar-refractivity contribution in [1.82, 2.24) is 0 Å². The Morgan fingerprint density at radius 1 is 1.56 bits per heavy atom. The van der Waals surface area contributed by atoms with E-state index in [0.29, 0.717) is 6.61 Å². The molecule has 0 spiro atoms. The maximum Gasteiger partial charge on any atom is 0.328 e. The molecule has 1 saturated heterocycles. The van der Waals surface area contributed by atoms with Gasteiger partial charge in [0.15, 0.2) is 4.87 Å². The number of carbonyl (C=O) groups excluding carboxylic acids is 1. The quantitative estimate of drug-likeness (QED) is 0.413. The van der Waals surface area contributed by atoms with E-state index < -0.39 is 9.75 Å². The van der Waals surface area contributed by atoms with Gasteiger partial charge >= 0.3 is 5.97 Å². The van der Waals surface area contributed by atoms with Crippen LogP contribution >= 0.6 is 23.2 Å². The number of alkyl halides is 2. The van der Waals surface area contributed by atoms with Gasteiger partial charge in [-0.2, -0.15) is 0 Å². The number of fused-ring (bicyclic) bond motifs is 1. The van der Waals surface area contributed by atoms with Crippen LogP contribution in [0.2, 0.25) is 0 Å². The van der Waals surface area contributed by atoms with E-state index >= 15 is 0 Å². The Morgan fingerprint density at radius 2 is 2.19 bits per heavy atom. The second-order valence-corrected chi connectivity index (χ2v) is 6.62. The van der Waals surface area contributed by atoms with Crippen LogP contribution in [-0.4, -0.2) is 22.3 Å². The molecule has 0 aromatic carbocycles. The number of allylic oxidation sites excluding steroid dienone is 1. The lowest BCUT2D eigenvalue weighted by Crippen LogP contribution is -2.54. The van der Waals surface area contributed by atoms with E-state index in [1.807, 2.05) is 13.8 Å². The summed E-state index contributed by atoms with van der Waals surface area (Å²) in [6.07, 6.45) is 1.63. The fourth-order valence-electron chi connectivity index (χ4n) is 2.95. The number of esters is 1. The van der Waals surface area contributed by atoms with Gasteiger partial charge in [0, 0.05) is 11.8 Å². The topological polar surface area (TPSA) is 26.3 Å². The maximum atomic E-state index is 11.9. The molecule has 4 heteroatoms. The first-order valence-electron chi connectivity index (χ1n) is 5.50. The van der Waals surface area contributed by atoms with Crippen molar-refractivity contribution in [2.45, 2.75) is 36.4 Å². The standard InChI is InChI=1S/C12H16Cl2O2/c1-7(2)8-4-5-11(3,13)9-6-16-10(15)12(8,9)14/h8-9H,1,4-6H2,2-3H3/t8-,9+,11+,12+/m1/s1. The zero-order valence-corrected chi connectivity index (χ0v) is 11.1. The monoisotopic (exact) mass is 262 g/mol. The van der Waals surface area contributed by atoms with Gasteiger partial charge in [-0.15, -0.1) is 23.2 Å². The van der Waals surface area contributed by atoms with Gasteiger partial charge in [-0.1, -0.05) is 12.2 Å². The Bertz CT molecular complexity index is 351. The van der Waals surface area contributed by atoms with Gasteiger partial charge in [-0.3, -0.25) is 4.79 Å². The summed E-state index contributed by atoms with van der Waals surface area (Å²) >= 11 is 13.0. The highest BCUT2D eigenvalue weighted by Crippen LogP contribution is 2.56. The summed E-state index contributed by atoms with van der Waals surface area (Å²) in [5.74, 6) is -0.494. The minimum atomic E-state index is -0.999. The summed E-state index contributed by atoms with van der Waals surface area (Å²) in [5, 5.41) is 0. The molecule has 1 heterocycles. The maximum absolute atomic E-state index is 11.9. The Morgan fingerprint density at radius 3 is 2.75 bits per heavy atom. The molecule has 2 nitrogen and oxygen atoms in total. The zero-order chi connectivity index (χ0) is 12.1. The second kappa shape index (κ2) is 3.64. The van der Waals surface area contributed by atoms with E-state index in [9.17, 15) is 4.79 Å². The molecule has 2 rings (SSSR count). The summed E-state index contributed by atoms with van der Waals surface area (Å²) in [4.78, 5) is 10.4. The van der Waals surface area contributed by atoms with Crippen LogP contribution in [-0.2, 0) is 9.53 Å². The zero-order valence-electron chi connectivity index (χ0n) is 9.56. The van der Waals surface area contributed by atoms with E-state index in [4.69, 9.17) is 27.9 Å². The third-order valence-corrected chi connectivity index (χ3v) is 5.08. The lowest BCUT2D eigenvalue weighted by molar-refractivity contribution is -0.141. The number of ether oxygens (including phenoxy) is 1. The fraction of sp³-hybridized carbons (Fsp3) is 0.750. The lowest BCUT2D eigenvalue weighted by atomic mass is 9.65. The molecule has 0 aromatic rings. The van der Waals surface area contributed by atoms with Gasteiger partial charge in [0.25, 0.3) is 0 Å². The third kappa shape index (κ3) is 1.50. The minimum Gasteiger partial charge on any atom is -0.464 e. The Labute approximate surface area is 106 Å². The van der Waals surface area contributed by atoms with Crippen LogP contribution in [0.1, 0.15) is 26.7 Å². The van der Waals surface area contributed by atoms with Gasteiger partial charge < -0.3 is 4.74 Å². The molecule has 1 saturated carbocycles. The molecule has 0 bridgehead atoms. The van der Waals surface area contributed by atoms with Crippen LogP contribution in [0.15, 0.2) is 12.2 Å².